The molecule has 1 aromatic heterocycles. The van der Waals surface area contributed by atoms with E-state index in [1.165, 1.54) is 31.0 Å². The van der Waals surface area contributed by atoms with Gasteiger partial charge < -0.3 is 5.32 Å². The SMILES string of the molecule is CCC(CC)NC(=O)CSc1nnc(CN2CCCCC2)n1-c1ccccc1. The van der Waals surface area contributed by atoms with Gasteiger partial charge in [-0.3, -0.25) is 14.3 Å². The predicted molar refractivity (Wildman–Crippen MR) is 114 cm³/mol. The van der Waals surface area contributed by atoms with Crippen molar-refractivity contribution in [3.63, 3.8) is 0 Å². The molecular weight excluding hydrogens is 370 g/mol. The number of amides is 1. The Morgan fingerprint density at radius 1 is 1.11 bits per heavy atom. The molecule has 28 heavy (non-hydrogen) atoms. The van der Waals surface area contributed by atoms with Crippen molar-refractivity contribution in [2.75, 3.05) is 18.8 Å². The van der Waals surface area contributed by atoms with Crippen molar-refractivity contribution in [3.8, 4) is 5.69 Å². The number of thioether (sulfide) groups is 1. The highest BCUT2D eigenvalue weighted by Crippen LogP contribution is 2.23. The van der Waals surface area contributed by atoms with Crippen LogP contribution < -0.4 is 5.32 Å². The topological polar surface area (TPSA) is 63.1 Å². The van der Waals surface area contributed by atoms with Crippen LogP contribution in [0.5, 0.6) is 0 Å². The van der Waals surface area contributed by atoms with Gasteiger partial charge in [0.25, 0.3) is 0 Å². The molecule has 1 aliphatic heterocycles. The summed E-state index contributed by atoms with van der Waals surface area (Å²) in [4.78, 5) is 14.8. The maximum absolute atomic E-state index is 12.3. The number of aromatic nitrogens is 3. The van der Waals surface area contributed by atoms with Gasteiger partial charge >= 0.3 is 0 Å². The first-order valence-corrected chi connectivity index (χ1v) is 11.3. The van der Waals surface area contributed by atoms with Crippen molar-refractivity contribution >= 4 is 17.7 Å². The van der Waals surface area contributed by atoms with E-state index in [4.69, 9.17) is 0 Å². The fourth-order valence-electron chi connectivity index (χ4n) is 3.54. The van der Waals surface area contributed by atoms with Crippen molar-refractivity contribution < 1.29 is 4.79 Å². The van der Waals surface area contributed by atoms with Crippen LogP contribution in [-0.4, -0.2) is 50.5 Å². The molecule has 1 saturated heterocycles. The Morgan fingerprint density at radius 3 is 2.50 bits per heavy atom. The molecule has 0 unspecified atom stereocenters. The Morgan fingerprint density at radius 2 is 1.82 bits per heavy atom. The Balaban J connectivity index is 1.74. The minimum atomic E-state index is 0.0545. The van der Waals surface area contributed by atoms with Gasteiger partial charge in [0, 0.05) is 11.7 Å². The van der Waals surface area contributed by atoms with Crippen LogP contribution >= 0.6 is 11.8 Å². The van der Waals surface area contributed by atoms with E-state index in [1.54, 1.807) is 0 Å². The Kier molecular flexibility index (Phi) is 7.91. The second kappa shape index (κ2) is 10.6. The monoisotopic (exact) mass is 401 g/mol. The van der Waals surface area contributed by atoms with E-state index < -0.39 is 0 Å². The molecule has 1 aliphatic rings. The fourth-order valence-corrected chi connectivity index (χ4v) is 4.32. The number of piperidine rings is 1. The maximum Gasteiger partial charge on any atom is 0.230 e. The van der Waals surface area contributed by atoms with Crippen molar-refractivity contribution in [1.82, 2.24) is 25.0 Å². The molecule has 0 radical (unpaired) electrons. The second-order valence-corrected chi connectivity index (χ2v) is 8.22. The summed E-state index contributed by atoms with van der Waals surface area (Å²) in [6.45, 7) is 7.22. The van der Waals surface area contributed by atoms with Crippen LogP contribution in [0, 0.1) is 0 Å². The molecular formula is C21H31N5OS. The van der Waals surface area contributed by atoms with Crippen molar-refractivity contribution in [2.24, 2.45) is 0 Å². The van der Waals surface area contributed by atoms with E-state index in [1.807, 2.05) is 18.2 Å². The highest BCUT2D eigenvalue weighted by molar-refractivity contribution is 7.99. The number of carbonyl (C=O) groups is 1. The third-order valence-corrected chi connectivity index (χ3v) is 6.14. The molecule has 0 saturated carbocycles. The van der Waals surface area contributed by atoms with E-state index in [9.17, 15) is 4.79 Å². The van der Waals surface area contributed by atoms with E-state index >= 15 is 0 Å². The summed E-state index contributed by atoms with van der Waals surface area (Å²) >= 11 is 1.45. The van der Waals surface area contributed by atoms with Gasteiger partial charge in [0.1, 0.15) is 0 Å². The first-order valence-electron chi connectivity index (χ1n) is 10.4. The zero-order valence-corrected chi connectivity index (χ0v) is 17.7. The molecule has 2 aromatic rings. The number of para-hydroxylation sites is 1. The molecule has 0 aliphatic carbocycles. The fraction of sp³-hybridized carbons (Fsp3) is 0.571. The predicted octanol–water partition coefficient (Wildman–Crippen LogP) is 3.65. The third kappa shape index (κ3) is 5.58. The number of nitrogens with one attached hydrogen (secondary N) is 1. The molecule has 0 atom stereocenters. The highest BCUT2D eigenvalue weighted by Gasteiger charge is 2.19. The summed E-state index contributed by atoms with van der Waals surface area (Å²) in [6, 6.07) is 10.4. The van der Waals surface area contributed by atoms with Gasteiger partial charge in [-0.15, -0.1) is 10.2 Å². The van der Waals surface area contributed by atoms with E-state index in [0.29, 0.717) is 5.75 Å². The zero-order valence-electron chi connectivity index (χ0n) is 16.9. The summed E-state index contributed by atoms with van der Waals surface area (Å²) in [5.41, 5.74) is 1.04. The van der Waals surface area contributed by atoms with E-state index in [2.05, 4.69) is 51.0 Å². The van der Waals surface area contributed by atoms with Crippen LogP contribution in [0.25, 0.3) is 5.69 Å². The summed E-state index contributed by atoms with van der Waals surface area (Å²) in [7, 11) is 0. The lowest BCUT2D eigenvalue weighted by atomic mass is 10.1. The van der Waals surface area contributed by atoms with Crippen LogP contribution in [0.2, 0.25) is 0 Å². The molecule has 2 heterocycles. The maximum atomic E-state index is 12.3. The quantitative estimate of drug-likeness (QED) is 0.650. The molecule has 7 heteroatoms. The first kappa shape index (κ1) is 20.9. The molecule has 1 aromatic carbocycles. The van der Waals surface area contributed by atoms with Gasteiger partial charge in [-0.2, -0.15) is 0 Å². The summed E-state index contributed by atoms with van der Waals surface area (Å²) in [6.07, 6.45) is 5.71. The number of rotatable bonds is 9. The lowest BCUT2D eigenvalue weighted by Crippen LogP contribution is -2.35. The van der Waals surface area contributed by atoms with Crippen molar-refractivity contribution in [1.29, 1.82) is 0 Å². The lowest BCUT2D eigenvalue weighted by molar-refractivity contribution is -0.119. The molecule has 0 bridgehead atoms. The Bertz CT molecular complexity index is 739. The zero-order chi connectivity index (χ0) is 19.8. The second-order valence-electron chi connectivity index (χ2n) is 7.28. The van der Waals surface area contributed by atoms with Crippen LogP contribution in [0.15, 0.2) is 35.5 Å². The van der Waals surface area contributed by atoms with Gasteiger partial charge in [0.05, 0.1) is 12.3 Å². The van der Waals surface area contributed by atoms with Crippen LogP contribution in [0.1, 0.15) is 51.8 Å². The summed E-state index contributed by atoms with van der Waals surface area (Å²) in [5.74, 6) is 1.35. The normalized spacial score (nSPS) is 15.1. The lowest BCUT2D eigenvalue weighted by Gasteiger charge is -2.26. The molecule has 1 N–H and O–H groups in total. The van der Waals surface area contributed by atoms with E-state index in [0.717, 1.165) is 49.1 Å². The van der Waals surface area contributed by atoms with Crippen LogP contribution in [0.4, 0.5) is 0 Å². The average molecular weight is 402 g/mol. The molecule has 152 valence electrons. The van der Waals surface area contributed by atoms with Gasteiger partial charge in [-0.05, 0) is 50.9 Å². The molecule has 1 fully saturated rings. The van der Waals surface area contributed by atoms with Crippen LogP contribution in [0.3, 0.4) is 0 Å². The smallest absolute Gasteiger partial charge is 0.230 e. The number of likely N-dealkylation sites (tertiary alicyclic amines) is 1. The number of carbonyl (C=O) groups excluding carboxylic acids is 1. The van der Waals surface area contributed by atoms with Gasteiger partial charge in [-0.25, -0.2) is 0 Å². The largest absolute Gasteiger partial charge is 0.353 e. The van der Waals surface area contributed by atoms with Crippen molar-refractivity contribution in [3.05, 3.63) is 36.2 Å². The van der Waals surface area contributed by atoms with Gasteiger partial charge in [0.15, 0.2) is 11.0 Å². The average Bonchev–Trinajstić information content (AvgIpc) is 3.14. The van der Waals surface area contributed by atoms with Crippen molar-refractivity contribution in [2.45, 2.75) is 63.7 Å². The minimum Gasteiger partial charge on any atom is -0.353 e. The number of benzene rings is 1. The minimum absolute atomic E-state index is 0.0545. The molecule has 3 rings (SSSR count). The Labute approximate surface area is 172 Å². The standard InChI is InChI=1S/C21H31N5OS/c1-3-17(4-2)22-20(27)16-28-21-24-23-19(15-25-13-9-6-10-14-25)26(21)18-11-7-5-8-12-18/h5,7-8,11-12,17H,3-4,6,9-10,13-16H2,1-2H3,(H,22,27). The van der Waals surface area contributed by atoms with Gasteiger partial charge in [-0.1, -0.05) is 50.2 Å². The van der Waals surface area contributed by atoms with Crippen LogP contribution in [-0.2, 0) is 11.3 Å². The molecule has 6 nitrogen and oxygen atoms in total. The number of hydrogen-bond donors (Lipinski definition) is 1. The van der Waals surface area contributed by atoms with Gasteiger partial charge in [0.2, 0.25) is 5.91 Å². The molecule has 1 amide bonds. The molecule has 0 spiro atoms. The first-order chi connectivity index (χ1) is 13.7. The Hall–Kier alpha value is -1.86. The summed E-state index contributed by atoms with van der Waals surface area (Å²) in [5, 5.41) is 12.8. The van der Waals surface area contributed by atoms with E-state index in [-0.39, 0.29) is 11.9 Å². The highest BCUT2D eigenvalue weighted by atomic mass is 32.2. The number of nitrogens with zero attached hydrogens (tertiary/aromatic N) is 4. The number of hydrogen-bond acceptors (Lipinski definition) is 5. The summed E-state index contributed by atoms with van der Waals surface area (Å²) < 4.78 is 2.10. The third-order valence-electron chi connectivity index (χ3n) is 5.21.